The fraction of sp³-hybridized carbons (Fsp3) is 0.389. The van der Waals surface area contributed by atoms with Crippen LogP contribution in [0.3, 0.4) is 0 Å². The van der Waals surface area contributed by atoms with E-state index in [0.29, 0.717) is 0 Å². The Morgan fingerprint density at radius 1 is 0.425 bits per heavy atom. The molecule has 4 aromatic carbocycles. The molecule has 2 heterocycles. The zero-order valence-corrected chi connectivity index (χ0v) is 27.9. The molecular weight excluding hydrogens is 517 g/mol. The van der Waals surface area contributed by atoms with Gasteiger partial charge in [-0.3, -0.25) is 0 Å². The lowest BCUT2D eigenvalue weighted by Crippen LogP contribution is -2.48. The van der Waals surface area contributed by atoms with Crippen molar-refractivity contribution in [3.8, 4) is 0 Å². The summed E-state index contributed by atoms with van der Waals surface area (Å²) >= 11 is 0. The second kappa shape index (κ2) is 9.92. The lowest BCUT2D eigenvalue weighted by molar-refractivity contribution is 0.983. The Labute approximate surface area is 242 Å². The summed E-state index contributed by atoms with van der Waals surface area (Å²) in [4.78, 5) is 0. The number of benzene rings is 4. The van der Waals surface area contributed by atoms with Crippen LogP contribution >= 0.6 is 0 Å². The summed E-state index contributed by atoms with van der Waals surface area (Å²) in [7, 11) is 1.65. The molecule has 2 nitrogen and oxygen atoms in total. The van der Waals surface area contributed by atoms with Gasteiger partial charge in [-0.25, -0.2) is 0 Å². The average molecular weight is 563 g/mol. The maximum atomic E-state index is 2.54. The summed E-state index contributed by atoms with van der Waals surface area (Å²) < 4.78 is 5.05. The van der Waals surface area contributed by atoms with Crippen molar-refractivity contribution in [1.82, 2.24) is 9.13 Å². The Balaban J connectivity index is 1.60. The van der Waals surface area contributed by atoms with Crippen molar-refractivity contribution in [1.29, 1.82) is 0 Å². The van der Waals surface area contributed by atoms with E-state index in [4.69, 9.17) is 0 Å². The lowest BCUT2D eigenvalue weighted by atomic mass is 9.95. The molecule has 0 saturated heterocycles. The van der Waals surface area contributed by atoms with Gasteiger partial charge in [0.05, 0.1) is 0 Å². The van der Waals surface area contributed by atoms with Gasteiger partial charge in [-0.15, -0.1) is 0 Å². The molecule has 6 rings (SSSR count). The highest BCUT2D eigenvalue weighted by molar-refractivity contribution is 6.92. The Morgan fingerprint density at radius 3 is 1.10 bits per heavy atom. The molecule has 0 N–H and O–H groups in total. The quantitative estimate of drug-likeness (QED) is 0.129. The molecule has 0 aliphatic rings. The fourth-order valence-corrected chi connectivity index (χ4v) is 15.9. The number of aryl methyl sites for hydroxylation is 2. The second-order valence-electron chi connectivity index (χ2n) is 12.3. The Morgan fingerprint density at radius 2 is 0.775 bits per heavy atom. The Bertz CT molecular complexity index is 1740. The van der Waals surface area contributed by atoms with Crippen LogP contribution in [0.4, 0.5) is 0 Å². The lowest BCUT2D eigenvalue weighted by Gasteiger charge is -2.28. The van der Waals surface area contributed by atoms with E-state index in [1.54, 1.807) is 10.6 Å². The highest BCUT2D eigenvalue weighted by Crippen LogP contribution is 2.36. The normalized spacial score (nSPS) is 13.1. The van der Waals surface area contributed by atoms with Crippen LogP contribution < -0.4 is 10.6 Å². The summed E-state index contributed by atoms with van der Waals surface area (Å²) in [6.07, 6.45) is 0. The fourth-order valence-electron chi connectivity index (χ4n) is 8.14. The summed E-state index contributed by atoms with van der Waals surface area (Å²) in [5, 5.41) is 14.2. The standard InChI is InChI=1S/C36H46N2Si2/c1-9-39(10-2,11-3)35-23-27-19-31-25(21-33(27)37(35)7)15-17-30-29(31)18-16-26-22-34-28(20-32(26)30)24-36(38(34)8)40(12-4,13-5)14-6/h15-24H,9-14H2,1-8H3. The molecule has 40 heavy (non-hydrogen) atoms. The molecule has 0 fully saturated rings. The average Bonchev–Trinajstić information content (AvgIpc) is 3.49. The van der Waals surface area contributed by atoms with Gasteiger partial charge in [0.1, 0.15) is 16.1 Å². The zero-order valence-electron chi connectivity index (χ0n) is 25.9. The van der Waals surface area contributed by atoms with E-state index in [2.05, 4.69) is 125 Å². The van der Waals surface area contributed by atoms with Crippen molar-refractivity contribution in [2.45, 2.75) is 77.8 Å². The highest BCUT2D eigenvalue weighted by Gasteiger charge is 2.33. The molecule has 0 amide bonds. The van der Waals surface area contributed by atoms with Crippen LogP contribution in [-0.4, -0.2) is 25.3 Å². The van der Waals surface area contributed by atoms with Crippen LogP contribution in [0.15, 0.2) is 60.7 Å². The smallest absolute Gasteiger partial charge is 0.107 e. The van der Waals surface area contributed by atoms with Gasteiger partial charge in [-0.1, -0.05) is 102 Å². The van der Waals surface area contributed by atoms with Crippen molar-refractivity contribution in [3.05, 3.63) is 60.7 Å². The van der Waals surface area contributed by atoms with Crippen LogP contribution in [-0.2, 0) is 14.1 Å². The maximum Gasteiger partial charge on any atom is 0.107 e. The van der Waals surface area contributed by atoms with Gasteiger partial charge in [-0.05, 0) is 68.7 Å². The predicted molar refractivity (Wildman–Crippen MR) is 186 cm³/mol. The van der Waals surface area contributed by atoms with Crippen molar-refractivity contribution in [2.24, 2.45) is 14.1 Å². The first-order chi connectivity index (χ1) is 19.3. The van der Waals surface area contributed by atoms with Gasteiger partial charge in [0, 0.05) is 46.5 Å². The number of rotatable bonds is 8. The first kappa shape index (κ1) is 27.3. The summed E-state index contributed by atoms with van der Waals surface area (Å²) in [5.41, 5.74) is 2.76. The highest BCUT2D eigenvalue weighted by atomic mass is 28.3. The van der Waals surface area contributed by atoms with E-state index in [1.807, 2.05) is 0 Å². The first-order valence-corrected chi connectivity index (χ1v) is 20.9. The number of aromatic nitrogens is 2. The number of nitrogens with zero attached hydrogens (tertiary/aromatic N) is 2. The van der Waals surface area contributed by atoms with E-state index < -0.39 is 16.1 Å². The van der Waals surface area contributed by atoms with Gasteiger partial charge >= 0.3 is 0 Å². The molecule has 0 saturated carbocycles. The van der Waals surface area contributed by atoms with Gasteiger partial charge in [0.2, 0.25) is 0 Å². The van der Waals surface area contributed by atoms with Crippen LogP contribution in [0.2, 0.25) is 36.3 Å². The zero-order chi connectivity index (χ0) is 28.4. The summed E-state index contributed by atoms with van der Waals surface area (Å²) in [6, 6.07) is 32.2. The third kappa shape index (κ3) is 3.71. The van der Waals surface area contributed by atoms with E-state index in [1.165, 1.54) is 90.4 Å². The van der Waals surface area contributed by atoms with E-state index in [9.17, 15) is 0 Å². The Hall–Kier alpha value is -2.83. The van der Waals surface area contributed by atoms with Crippen molar-refractivity contribution >= 4 is 80.9 Å². The maximum absolute atomic E-state index is 2.54. The third-order valence-electron chi connectivity index (χ3n) is 11.3. The van der Waals surface area contributed by atoms with Gasteiger partial charge in [0.25, 0.3) is 0 Å². The minimum Gasteiger partial charge on any atom is -0.352 e. The number of hydrogen-bond acceptors (Lipinski definition) is 0. The Kier molecular flexibility index (Phi) is 6.78. The molecular formula is C36H46N2Si2. The molecule has 0 unspecified atom stereocenters. The number of hydrogen-bond donors (Lipinski definition) is 0. The largest absolute Gasteiger partial charge is 0.352 e. The second-order valence-corrected chi connectivity index (χ2v) is 22.7. The van der Waals surface area contributed by atoms with Crippen LogP contribution in [0.25, 0.3) is 54.1 Å². The van der Waals surface area contributed by atoms with Gasteiger partial charge in [-0.2, -0.15) is 0 Å². The third-order valence-corrected chi connectivity index (χ3v) is 22.6. The molecule has 0 radical (unpaired) electrons. The summed E-state index contributed by atoms with van der Waals surface area (Å²) in [5.74, 6) is 0. The van der Waals surface area contributed by atoms with E-state index in [0.717, 1.165) is 0 Å². The number of fused-ring (bicyclic) bond motifs is 7. The predicted octanol–water partition coefficient (Wildman–Crippen LogP) is 9.56. The minimum absolute atomic E-state index is 1.31. The van der Waals surface area contributed by atoms with Crippen LogP contribution in [0.1, 0.15) is 41.5 Å². The molecule has 6 aromatic rings. The minimum atomic E-state index is -1.47. The molecule has 0 aliphatic carbocycles. The summed E-state index contributed by atoms with van der Waals surface area (Å²) in [6.45, 7) is 14.5. The van der Waals surface area contributed by atoms with E-state index >= 15 is 0 Å². The van der Waals surface area contributed by atoms with Gasteiger partial charge < -0.3 is 9.13 Å². The molecule has 0 atom stereocenters. The van der Waals surface area contributed by atoms with Crippen LogP contribution in [0, 0.1) is 0 Å². The molecule has 208 valence electrons. The van der Waals surface area contributed by atoms with Crippen molar-refractivity contribution < 1.29 is 0 Å². The molecule has 0 aliphatic heterocycles. The molecule has 4 heteroatoms. The monoisotopic (exact) mass is 562 g/mol. The van der Waals surface area contributed by atoms with Crippen LogP contribution in [0.5, 0.6) is 0 Å². The van der Waals surface area contributed by atoms with Gasteiger partial charge in [0.15, 0.2) is 0 Å². The van der Waals surface area contributed by atoms with Crippen molar-refractivity contribution in [2.75, 3.05) is 0 Å². The molecule has 0 bridgehead atoms. The molecule has 2 aromatic heterocycles. The van der Waals surface area contributed by atoms with Crippen molar-refractivity contribution in [3.63, 3.8) is 0 Å². The topological polar surface area (TPSA) is 9.86 Å². The first-order valence-electron chi connectivity index (χ1n) is 15.7. The SMILES string of the molecule is CC[Si](CC)(CC)c1cc2cc3c(ccc4c5cc6cc([Si](CC)(CC)CC)n(C)c6cc5ccc34)cc2n1C. The molecule has 0 spiro atoms. The van der Waals surface area contributed by atoms with E-state index in [-0.39, 0.29) is 0 Å².